The Morgan fingerprint density at radius 2 is 2.04 bits per heavy atom. The Balaban J connectivity index is 1.53. The maximum Gasteiger partial charge on any atom is 0.247 e. The van der Waals surface area contributed by atoms with Crippen molar-refractivity contribution in [3.8, 4) is 5.75 Å². The first-order chi connectivity index (χ1) is 12.2. The molecule has 1 N–H and O–H groups in total. The third-order valence-electron chi connectivity index (χ3n) is 4.94. The van der Waals surface area contributed by atoms with Gasteiger partial charge in [0.2, 0.25) is 11.8 Å². The lowest BCUT2D eigenvalue weighted by atomic mass is 10.1. The van der Waals surface area contributed by atoms with Crippen LogP contribution in [0.2, 0.25) is 0 Å². The van der Waals surface area contributed by atoms with Gasteiger partial charge in [0.1, 0.15) is 11.8 Å². The summed E-state index contributed by atoms with van der Waals surface area (Å²) in [4.78, 5) is 26.8. The number of hydrogen-bond acceptors (Lipinski definition) is 4. The molecule has 6 nitrogen and oxygen atoms in total. The van der Waals surface area contributed by atoms with E-state index in [0.29, 0.717) is 25.1 Å². The summed E-state index contributed by atoms with van der Waals surface area (Å²) in [7, 11) is 1.60. The lowest BCUT2D eigenvalue weighted by Gasteiger charge is -2.24. The summed E-state index contributed by atoms with van der Waals surface area (Å²) in [5, 5.41) is 2.90. The number of carbonyl (C=O) groups excluding carboxylic acids is 2. The molecule has 2 atom stereocenters. The van der Waals surface area contributed by atoms with Gasteiger partial charge in [-0.3, -0.25) is 9.59 Å². The van der Waals surface area contributed by atoms with Crippen LogP contribution in [-0.4, -0.2) is 49.1 Å². The van der Waals surface area contributed by atoms with Crippen molar-refractivity contribution in [3.63, 3.8) is 0 Å². The van der Waals surface area contributed by atoms with Gasteiger partial charge in [-0.1, -0.05) is 0 Å². The molecule has 2 aliphatic heterocycles. The number of methoxy groups -OCH3 is 1. The van der Waals surface area contributed by atoms with Gasteiger partial charge in [0.25, 0.3) is 0 Å². The van der Waals surface area contributed by atoms with E-state index in [1.165, 1.54) is 0 Å². The minimum absolute atomic E-state index is 0.0582. The van der Waals surface area contributed by atoms with Crippen LogP contribution in [0.4, 0.5) is 5.69 Å². The fourth-order valence-electron chi connectivity index (χ4n) is 3.54. The summed E-state index contributed by atoms with van der Waals surface area (Å²) in [5.74, 6) is 0.681. The van der Waals surface area contributed by atoms with Crippen molar-refractivity contribution in [3.05, 3.63) is 24.3 Å². The van der Waals surface area contributed by atoms with Gasteiger partial charge < -0.3 is 19.7 Å². The number of amides is 2. The standard InChI is InChI=1S/C19H26N2O4/c1-24-15-8-6-14(7-9-15)20-19(23)17-5-2-12-21(17)18(22)11-10-16-4-3-13-25-16/h6-9,16-17H,2-5,10-13H2,1H3,(H,20,23)/t16-,17+/m1/s1. The molecule has 25 heavy (non-hydrogen) atoms. The predicted octanol–water partition coefficient (Wildman–Crippen LogP) is 2.58. The number of anilines is 1. The second-order valence-electron chi connectivity index (χ2n) is 6.64. The summed E-state index contributed by atoms with van der Waals surface area (Å²) in [6.45, 7) is 1.46. The van der Waals surface area contributed by atoms with Crippen molar-refractivity contribution in [2.45, 2.75) is 50.7 Å². The Hall–Kier alpha value is -2.08. The van der Waals surface area contributed by atoms with Crippen molar-refractivity contribution in [1.82, 2.24) is 4.90 Å². The molecule has 0 bridgehead atoms. The van der Waals surface area contributed by atoms with Crippen LogP contribution in [-0.2, 0) is 14.3 Å². The van der Waals surface area contributed by atoms with Gasteiger partial charge >= 0.3 is 0 Å². The van der Waals surface area contributed by atoms with Crippen LogP contribution in [0.1, 0.15) is 38.5 Å². The highest BCUT2D eigenvalue weighted by Crippen LogP contribution is 2.23. The SMILES string of the molecule is COc1ccc(NC(=O)[C@@H]2CCCN2C(=O)CC[C@H]2CCCO2)cc1. The van der Waals surface area contributed by atoms with Gasteiger partial charge in [0.15, 0.2) is 0 Å². The second kappa shape index (κ2) is 8.34. The first kappa shape index (κ1) is 17.7. The monoisotopic (exact) mass is 346 g/mol. The fraction of sp³-hybridized carbons (Fsp3) is 0.579. The molecule has 6 heteroatoms. The van der Waals surface area contributed by atoms with Crippen LogP contribution in [0.5, 0.6) is 5.75 Å². The summed E-state index contributed by atoms with van der Waals surface area (Å²) in [6, 6.07) is 6.83. The number of nitrogens with zero attached hydrogens (tertiary/aromatic N) is 1. The lowest BCUT2D eigenvalue weighted by molar-refractivity contribution is -0.137. The molecule has 136 valence electrons. The number of rotatable bonds is 6. The van der Waals surface area contributed by atoms with Gasteiger partial charge in [-0.05, 0) is 56.4 Å². The summed E-state index contributed by atoms with van der Waals surface area (Å²) >= 11 is 0. The van der Waals surface area contributed by atoms with Gasteiger partial charge in [-0.2, -0.15) is 0 Å². The Labute approximate surface area is 148 Å². The number of ether oxygens (including phenoxy) is 2. The molecule has 2 aliphatic rings. The normalized spacial score (nSPS) is 22.8. The van der Waals surface area contributed by atoms with Crippen molar-refractivity contribution >= 4 is 17.5 Å². The average molecular weight is 346 g/mol. The molecule has 2 fully saturated rings. The van der Waals surface area contributed by atoms with Crippen LogP contribution in [0, 0.1) is 0 Å². The van der Waals surface area contributed by atoms with E-state index in [9.17, 15) is 9.59 Å². The fourth-order valence-corrected chi connectivity index (χ4v) is 3.54. The van der Waals surface area contributed by atoms with Crippen molar-refractivity contribution in [2.75, 3.05) is 25.6 Å². The lowest BCUT2D eigenvalue weighted by Crippen LogP contribution is -2.43. The Morgan fingerprint density at radius 3 is 2.72 bits per heavy atom. The van der Waals surface area contributed by atoms with Crippen LogP contribution in [0.15, 0.2) is 24.3 Å². The molecule has 2 heterocycles. The largest absolute Gasteiger partial charge is 0.497 e. The van der Waals surface area contributed by atoms with E-state index in [4.69, 9.17) is 9.47 Å². The van der Waals surface area contributed by atoms with Crippen LogP contribution < -0.4 is 10.1 Å². The molecule has 2 saturated heterocycles. The predicted molar refractivity (Wildman–Crippen MR) is 94.6 cm³/mol. The highest BCUT2D eigenvalue weighted by atomic mass is 16.5. The third kappa shape index (κ3) is 4.51. The smallest absolute Gasteiger partial charge is 0.247 e. The summed E-state index contributed by atoms with van der Waals surface area (Å²) in [6.07, 6.45) is 5.11. The molecule has 3 rings (SSSR count). The molecule has 0 spiro atoms. The third-order valence-corrected chi connectivity index (χ3v) is 4.94. The van der Waals surface area contributed by atoms with Crippen molar-refractivity contribution in [2.24, 2.45) is 0 Å². The van der Waals surface area contributed by atoms with Gasteiger partial charge in [0, 0.05) is 25.3 Å². The van der Waals surface area contributed by atoms with E-state index in [0.717, 1.165) is 38.0 Å². The van der Waals surface area contributed by atoms with Gasteiger partial charge in [-0.15, -0.1) is 0 Å². The summed E-state index contributed by atoms with van der Waals surface area (Å²) < 4.78 is 10.7. The van der Waals surface area contributed by atoms with E-state index >= 15 is 0 Å². The molecule has 2 amide bonds. The van der Waals surface area contributed by atoms with Crippen LogP contribution in [0.25, 0.3) is 0 Å². The number of benzene rings is 1. The Kier molecular flexibility index (Phi) is 5.91. The Bertz CT molecular complexity index is 596. The topological polar surface area (TPSA) is 67.9 Å². The molecule has 0 aromatic heterocycles. The molecular weight excluding hydrogens is 320 g/mol. The van der Waals surface area contributed by atoms with Crippen molar-refractivity contribution in [1.29, 1.82) is 0 Å². The highest BCUT2D eigenvalue weighted by molar-refractivity contribution is 5.97. The van der Waals surface area contributed by atoms with Crippen LogP contribution in [0.3, 0.4) is 0 Å². The molecule has 1 aromatic carbocycles. The first-order valence-corrected chi connectivity index (χ1v) is 9.03. The maximum atomic E-state index is 12.6. The number of hydrogen-bond donors (Lipinski definition) is 1. The van der Waals surface area contributed by atoms with E-state index in [1.807, 2.05) is 0 Å². The van der Waals surface area contributed by atoms with E-state index in [-0.39, 0.29) is 24.0 Å². The molecule has 0 unspecified atom stereocenters. The molecular formula is C19H26N2O4. The summed E-state index contributed by atoms with van der Waals surface area (Å²) in [5.41, 5.74) is 0.712. The highest BCUT2D eigenvalue weighted by Gasteiger charge is 2.34. The molecule has 0 aliphatic carbocycles. The number of likely N-dealkylation sites (tertiary alicyclic amines) is 1. The zero-order valence-electron chi connectivity index (χ0n) is 14.7. The molecule has 1 aromatic rings. The van der Waals surface area contributed by atoms with Crippen LogP contribution >= 0.6 is 0 Å². The van der Waals surface area contributed by atoms with Crippen molar-refractivity contribution < 1.29 is 19.1 Å². The second-order valence-corrected chi connectivity index (χ2v) is 6.64. The zero-order valence-corrected chi connectivity index (χ0v) is 14.7. The number of carbonyl (C=O) groups is 2. The number of nitrogens with one attached hydrogen (secondary N) is 1. The minimum Gasteiger partial charge on any atom is -0.497 e. The first-order valence-electron chi connectivity index (χ1n) is 9.03. The van der Waals surface area contributed by atoms with Gasteiger partial charge in [0.05, 0.1) is 13.2 Å². The molecule has 0 radical (unpaired) electrons. The van der Waals surface area contributed by atoms with E-state index in [2.05, 4.69) is 5.32 Å². The van der Waals surface area contributed by atoms with Gasteiger partial charge in [-0.25, -0.2) is 0 Å². The molecule has 0 saturated carbocycles. The average Bonchev–Trinajstić information content (AvgIpc) is 3.32. The quantitative estimate of drug-likeness (QED) is 0.860. The maximum absolute atomic E-state index is 12.6. The minimum atomic E-state index is -0.376. The Morgan fingerprint density at radius 1 is 1.24 bits per heavy atom. The van der Waals surface area contributed by atoms with E-state index < -0.39 is 0 Å². The zero-order chi connectivity index (χ0) is 17.6. The van der Waals surface area contributed by atoms with E-state index in [1.54, 1.807) is 36.3 Å².